The number of carboxylic acid groups (broad SMARTS) is 1. The van der Waals surface area contributed by atoms with E-state index in [-0.39, 0.29) is 18.6 Å². The van der Waals surface area contributed by atoms with E-state index >= 15 is 0 Å². The SMILES string of the molecule is CCN1CCN(C(=O)NCC(C)(O)C(=O)O)CC1C. The molecule has 0 radical (unpaired) electrons. The van der Waals surface area contributed by atoms with Crippen LogP contribution in [0.5, 0.6) is 0 Å². The van der Waals surface area contributed by atoms with Crippen LogP contribution in [0.15, 0.2) is 0 Å². The second-order valence-electron chi connectivity index (χ2n) is 5.16. The smallest absolute Gasteiger partial charge is 0.337 e. The van der Waals surface area contributed by atoms with Crippen molar-refractivity contribution in [2.45, 2.75) is 32.4 Å². The molecule has 1 fully saturated rings. The van der Waals surface area contributed by atoms with Gasteiger partial charge in [0.1, 0.15) is 0 Å². The van der Waals surface area contributed by atoms with Crippen LogP contribution in [0.4, 0.5) is 4.79 Å². The fraction of sp³-hybridized carbons (Fsp3) is 0.833. The van der Waals surface area contributed by atoms with Gasteiger partial charge in [0.15, 0.2) is 5.60 Å². The molecule has 2 atom stereocenters. The number of piperazine rings is 1. The zero-order valence-corrected chi connectivity index (χ0v) is 11.7. The second-order valence-corrected chi connectivity index (χ2v) is 5.16. The number of urea groups is 1. The topological polar surface area (TPSA) is 93.1 Å². The lowest BCUT2D eigenvalue weighted by Crippen LogP contribution is -2.57. The first-order chi connectivity index (χ1) is 8.77. The molecular weight excluding hydrogens is 250 g/mol. The first-order valence-corrected chi connectivity index (χ1v) is 6.50. The van der Waals surface area contributed by atoms with Crippen LogP contribution in [-0.2, 0) is 4.79 Å². The van der Waals surface area contributed by atoms with E-state index in [1.807, 2.05) is 0 Å². The van der Waals surface area contributed by atoms with Crippen LogP contribution in [-0.4, -0.2) is 76.4 Å². The largest absolute Gasteiger partial charge is 0.479 e. The minimum Gasteiger partial charge on any atom is -0.479 e. The normalized spacial score (nSPS) is 23.8. The van der Waals surface area contributed by atoms with Gasteiger partial charge in [-0.3, -0.25) is 4.90 Å². The lowest BCUT2D eigenvalue weighted by Gasteiger charge is -2.39. The lowest BCUT2D eigenvalue weighted by molar-refractivity contribution is -0.155. The van der Waals surface area contributed by atoms with Crippen molar-refractivity contribution in [3.63, 3.8) is 0 Å². The molecule has 7 nitrogen and oxygen atoms in total. The van der Waals surface area contributed by atoms with Gasteiger partial charge in [0.05, 0.1) is 6.54 Å². The summed E-state index contributed by atoms with van der Waals surface area (Å²) in [6, 6.07) is -0.0476. The third-order valence-corrected chi connectivity index (χ3v) is 3.50. The number of carbonyl (C=O) groups is 2. The maximum atomic E-state index is 11.9. The number of amides is 2. The lowest BCUT2D eigenvalue weighted by atomic mass is 10.1. The number of rotatable bonds is 4. The van der Waals surface area contributed by atoms with E-state index in [0.29, 0.717) is 13.1 Å². The molecule has 19 heavy (non-hydrogen) atoms. The molecule has 0 saturated carbocycles. The van der Waals surface area contributed by atoms with Crippen LogP contribution in [0, 0.1) is 0 Å². The van der Waals surface area contributed by atoms with Gasteiger partial charge in [-0.05, 0) is 20.4 Å². The van der Waals surface area contributed by atoms with Crippen molar-refractivity contribution in [3.05, 3.63) is 0 Å². The Morgan fingerprint density at radius 3 is 2.53 bits per heavy atom. The van der Waals surface area contributed by atoms with E-state index in [2.05, 4.69) is 24.1 Å². The highest BCUT2D eigenvalue weighted by Crippen LogP contribution is 2.09. The average molecular weight is 273 g/mol. The number of nitrogens with one attached hydrogen (secondary N) is 1. The quantitative estimate of drug-likeness (QED) is 0.645. The number of nitrogens with zero attached hydrogens (tertiary/aromatic N) is 2. The summed E-state index contributed by atoms with van der Waals surface area (Å²) in [5, 5.41) is 20.7. The van der Waals surface area contributed by atoms with Crippen molar-refractivity contribution in [3.8, 4) is 0 Å². The Hall–Kier alpha value is -1.34. The third kappa shape index (κ3) is 4.07. The van der Waals surface area contributed by atoms with Crippen molar-refractivity contribution in [2.75, 3.05) is 32.7 Å². The summed E-state index contributed by atoms with van der Waals surface area (Å²) in [4.78, 5) is 26.5. The van der Waals surface area contributed by atoms with Crippen LogP contribution in [0.3, 0.4) is 0 Å². The minimum absolute atomic E-state index is 0.282. The summed E-state index contributed by atoms with van der Waals surface area (Å²) in [5.41, 5.74) is -1.94. The summed E-state index contributed by atoms with van der Waals surface area (Å²) in [6.45, 7) is 7.96. The molecule has 1 heterocycles. The summed E-state index contributed by atoms with van der Waals surface area (Å²) < 4.78 is 0. The molecule has 1 aliphatic rings. The molecule has 1 saturated heterocycles. The van der Waals surface area contributed by atoms with Gasteiger partial charge in [-0.2, -0.15) is 0 Å². The first kappa shape index (κ1) is 15.7. The molecule has 0 aliphatic carbocycles. The van der Waals surface area contributed by atoms with E-state index < -0.39 is 11.6 Å². The van der Waals surface area contributed by atoms with Gasteiger partial charge in [0.25, 0.3) is 0 Å². The maximum absolute atomic E-state index is 11.9. The minimum atomic E-state index is -1.94. The molecule has 2 unspecified atom stereocenters. The van der Waals surface area contributed by atoms with Crippen molar-refractivity contribution in [2.24, 2.45) is 0 Å². The number of aliphatic carboxylic acids is 1. The van der Waals surface area contributed by atoms with Crippen molar-refractivity contribution in [1.29, 1.82) is 0 Å². The number of carbonyl (C=O) groups excluding carboxylic acids is 1. The molecule has 0 aromatic heterocycles. The fourth-order valence-electron chi connectivity index (χ4n) is 2.08. The summed E-state index contributed by atoms with van der Waals surface area (Å²) in [5.74, 6) is -1.35. The molecule has 1 aliphatic heterocycles. The number of likely N-dealkylation sites (N-methyl/N-ethyl adjacent to an activating group) is 1. The molecule has 2 amide bonds. The molecule has 7 heteroatoms. The first-order valence-electron chi connectivity index (χ1n) is 6.50. The second kappa shape index (κ2) is 6.21. The highest BCUT2D eigenvalue weighted by molar-refractivity contribution is 5.79. The number of hydrogen-bond acceptors (Lipinski definition) is 4. The van der Waals surface area contributed by atoms with E-state index in [1.165, 1.54) is 0 Å². The van der Waals surface area contributed by atoms with Crippen LogP contribution in [0.2, 0.25) is 0 Å². The molecule has 0 aromatic rings. The molecule has 1 rings (SSSR count). The fourth-order valence-corrected chi connectivity index (χ4v) is 2.08. The Morgan fingerprint density at radius 2 is 2.05 bits per heavy atom. The molecule has 110 valence electrons. The maximum Gasteiger partial charge on any atom is 0.337 e. The number of carboxylic acids is 1. The average Bonchev–Trinajstić information content (AvgIpc) is 2.35. The monoisotopic (exact) mass is 273 g/mol. The molecule has 0 spiro atoms. The van der Waals surface area contributed by atoms with Crippen LogP contribution in [0.1, 0.15) is 20.8 Å². The molecular formula is C12H23N3O4. The van der Waals surface area contributed by atoms with Crippen LogP contribution < -0.4 is 5.32 Å². The van der Waals surface area contributed by atoms with E-state index in [4.69, 9.17) is 5.11 Å². The van der Waals surface area contributed by atoms with Crippen molar-refractivity contribution >= 4 is 12.0 Å². The van der Waals surface area contributed by atoms with Gasteiger partial charge in [-0.25, -0.2) is 9.59 Å². The summed E-state index contributed by atoms with van der Waals surface area (Å²) >= 11 is 0. The summed E-state index contributed by atoms with van der Waals surface area (Å²) in [6.07, 6.45) is 0. The number of hydrogen-bond donors (Lipinski definition) is 3. The van der Waals surface area contributed by atoms with Crippen LogP contribution in [0.25, 0.3) is 0 Å². The Bertz CT molecular complexity index is 346. The van der Waals surface area contributed by atoms with Crippen molar-refractivity contribution < 1.29 is 19.8 Å². The highest BCUT2D eigenvalue weighted by Gasteiger charge is 2.32. The Labute approximate surface area is 113 Å². The van der Waals surface area contributed by atoms with Crippen molar-refractivity contribution in [1.82, 2.24) is 15.1 Å². The van der Waals surface area contributed by atoms with Gasteiger partial charge in [0, 0.05) is 25.7 Å². The zero-order chi connectivity index (χ0) is 14.6. The Morgan fingerprint density at radius 1 is 1.42 bits per heavy atom. The molecule has 0 bridgehead atoms. The Balaban J connectivity index is 2.45. The van der Waals surface area contributed by atoms with E-state index in [9.17, 15) is 14.7 Å². The van der Waals surface area contributed by atoms with E-state index in [1.54, 1.807) is 4.90 Å². The standard InChI is InChI=1S/C12H23N3O4/c1-4-14-5-6-15(7-9(14)2)11(18)13-8-12(3,19)10(16)17/h9,19H,4-8H2,1-3H3,(H,13,18)(H,16,17). The predicted molar refractivity (Wildman–Crippen MR) is 69.9 cm³/mol. The van der Waals surface area contributed by atoms with Gasteiger partial charge in [-0.1, -0.05) is 6.92 Å². The van der Waals surface area contributed by atoms with Gasteiger partial charge in [-0.15, -0.1) is 0 Å². The highest BCUT2D eigenvalue weighted by atomic mass is 16.4. The third-order valence-electron chi connectivity index (χ3n) is 3.50. The van der Waals surface area contributed by atoms with Gasteiger partial charge >= 0.3 is 12.0 Å². The van der Waals surface area contributed by atoms with Crippen LogP contribution >= 0.6 is 0 Å². The molecule has 3 N–H and O–H groups in total. The number of aliphatic hydroxyl groups is 1. The zero-order valence-electron chi connectivity index (χ0n) is 11.7. The summed E-state index contributed by atoms with van der Waals surface area (Å²) in [7, 11) is 0. The van der Waals surface area contributed by atoms with Gasteiger partial charge < -0.3 is 20.4 Å². The molecule has 0 aromatic carbocycles. The van der Waals surface area contributed by atoms with E-state index in [0.717, 1.165) is 20.0 Å². The van der Waals surface area contributed by atoms with Gasteiger partial charge in [0.2, 0.25) is 0 Å². The Kier molecular flexibility index (Phi) is 5.13. The predicted octanol–water partition coefficient (Wildman–Crippen LogP) is -0.442.